The first-order valence-corrected chi connectivity index (χ1v) is 5.77. The van der Waals surface area contributed by atoms with Crippen molar-refractivity contribution in [3.05, 3.63) is 0 Å². The minimum atomic E-state index is -0.504. The fourth-order valence-electron chi connectivity index (χ4n) is 1.92. The maximum atomic E-state index is 12.1. The number of rotatable bonds is 5. The molecule has 0 spiro atoms. The van der Waals surface area contributed by atoms with Crippen molar-refractivity contribution in [3.63, 3.8) is 0 Å². The second kappa shape index (κ2) is 5.18. The quantitative estimate of drug-likeness (QED) is 0.318. The third-order valence-corrected chi connectivity index (χ3v) is 3.44. The van der Waals surface area contributed by atoms with Gasteiger partial charge in [0, 0.05) is 13.1 Å². The molecule has 1 fully saturated rings. The molecule has 5 nitrogen and oxygen atoms in total. The third kappa shape index (κ3) is 2.65. The van der Waals surface area contributed by atoms with Gasteiger partial charge in [-0.15, -0.1) is 0 Å². The topological polar surface area (TPSA) is 78.9 Å². The predicted molar refractivity (Wildman–Crippen MR) is 62.1 cm³/mol. The van der Waals surface area contributed by atoms with E-state index >= 15 is 0 Å². The first-order valence-electron chi connectivity index (χ1n) is 5.77. The first kappa shape index (κ1) is 12.8. The Kier molecular flexibility index (Phi) is 4.15. The van der Waals surface area contributed by atoms with Gasteiger partial charge >= 0.3 is 0 Å². The minimum absolute atomic E-state index is 0.00217. The van der Waals surface area contributed by atoms with Crippen LogP contribution in [0.3, 0.4) is 0 Å². The molecule has 0 radical (unpaired) electrons. The van der Waals surface area contributed by atoms with Crippen LogP contribution in [0.25, 0.3) is 0 Å². The Morgan fingerprint density at radius 2 is 2.19 bits per heavy atom. The number of carbonyl (C=O) groups excluding carboxylic acids is 1. The van der Waals surface area contributed by atoms with Gasteiger partial charge in [-0.1, -0.05) is 12.1 Å². The predicted octanol–water partition coefficient (Wildman–Crippen LogP) is 1.02. The van der Waals surface area contributed by atoms with Crippen molar-refractivity contribution in [2.24, 2.45) is 22.7 Å². The van der Waals surface area contributed by atoms with Crippen LogP contribution in [0, 0.1) is 11.8 Å². The van der Waals surface area contributed by atoms with Crippen molar-refractivity contribution in [1.29, 1.82) is 0 Å². The van der Waals surface area contributed by atoms with Gasteiger partial charge in [-0.2, -0.15) is 0 Å². The Labute approximate surface area is 96.3 Å². The van der Waals surface area contributed by atoms with E-state index in [1.165, 1.54) is 12.8 Å². The molecule has 3 N–H and O–H groups in total. The Bertz CT molecular complexity index is 287. The summed E-state index contributed by atoms with van der Waals surface area (Å²) < 4.78 is 0. The lowest BCUT2D eigenvalue weighted by Crippen LogP contribution is -2.44. The zero-order valence-electron chi connectivity index (χ0n) is 10.2. The minimum Gasteiger partial charge on any atom is -0.409 e. The standard InChI is InChI=1S/C11H21N3O2/c1-4-9(10(12)13-16)11(15)14(3)7(2)8-5-6-8/h7-9,16H,4-6H2,1-3H3,(H2,12,13). The summed E-state index contributed by atoms with van der Waals surface area (Å²) >= 11 is 0. The van der Waals surface area contributed by atoms with Crippen LogP contribution in [0.15, 0.2) is 5.16 Å². The Hall–Kier alpha value is -1.26. The molecule has 0 saturated heterocycles. The SMILES string of the molecule is CCC(C(=O)N(C)C(C)C1CC1)C(N)=NO. The summed E-state index contributed by atoms with van der Waals surface area (Å²) in [7, 11) is 1.79. The highest BCUT2D eigenvalue weighted by Crippen LogP contribution is 2.35. The Morgan fingerprint density at radius 3 is 2.56 bits per heavy atom. The van der Waals surface area contributed by atoms with E-state index in [-0.39, 0.29) is 17.8 Å². The van der Waals surface area contributed by atoms with Crippen LogP contribution in [-0.4, -0.2) is 34.9 Å². The van der Waals surface area contributed by atoms with E-state index in [4.69, 9.17) is 10.9 Å². The zero-order chi connectivity index (χ0) is 12.3. The van der Waals surface area contributed by atoms with Gasteiger partial charge in [0.05, 0.1) is 5.92 Å². The largest absolute Gasteiger partial charge is 0.409 e. The van der Waals surface area contributed by atoms with E-state index in [0.717, 1.165) is 0 Å². The van der Waals surface area contributed by atoms with Crippen LogP contribution in [0.1, 0.15) is 33.1 Å². The van der Waals surface area contributed by atoms with Crippen molar-refractivity contribution in [2.75, 3.05) is 7.05 Å². The first-order chi connectivity index (χ1) is 7.52. The van der Waals surface area contributed by atoms with Crippen LogP contribution >= 0.6 is 0 Å². The lowest BCUT2D eigenvalue weighted by molar-refractivity contribution is -0.134. The van der Waals surface area contributed by atoms with Gasteiger partial charge in [0.1, 0.15) is 0 Å². The van der Waals surface area contributed by atoms with Crippen molar-refractivity contribution in [3.8, 4) is 0 Å². The number of hydrogen-bond acceptors (Lipinski definition) is 3. The maximum Gasteiger partial charge on any atom is 0.233 e. The average molecular weight is 227 g/mol. The van der Waals surface area contributed by atoms with E-state index in [1.807, 2.05) is 6.92 Å². The lowest BCUT2D eigenvalue weighted by atomic mass is 10.0. The van der Waals surface area contributed by atoms with Crippen molar-refractivity contribution >= 4 is 11.7 Å². The van der Waals surface area contributed by atoms with Gasteiger partial charge in [-0.3, -0.25) is 4.79 Å². The molecule has 0 aromatic heterocycles. The van der Waals surface area contributed by atoms with Crippen LogP contribution in [0.4, 0.5) is 0 Å². The summed E-state index contributed by atoms with van der Waals surface area (Å²) in [6.45, 7) is 3.91. The fourth-order valence-corrected chi connectivity index (χ4v) is 1.92. The molecule has 1 aliphatic carbocycles. The molecular weight excluding hydrogens is 206 g/mol. The Morgan fingerprint density at radius 1 is 1.62 bits per heavy atom. The van der Waals surface area contributed by atoms with Crippen LogP contribution in [0.5, 0.6) is 0 Å². The summed E-state index contributed by atoms with van der Waals surface area (Å²) in [6.07, 6.45) is 2.94. The molecule has 0 heterocycles. The van der Waals surface area contributed by atoms with Gasteiger partial charge in [-0.25, -0.2) is 0 Å². The molecule has 2 atom stereocenters. The molecule has 0 bridgehead atoms. The fraction of sp³-hybridized carbons (Fsp3) is 0.818. The van der Waals surface area contributed by atoms with E-state index in [0.29, 0.717) is 12.3 Å². The summed E-state index contributed by atoms with van der Waals surface area (Å²) in [4.78, 5) is 13.8. The van der Waals surface area contributed by atoms with E-state index < -0.39 is 5.92 Å². The number of amidine groups is 1. The number of nitrogens with zero attached hydrogens (tertiary/aromatic N) is 2. The van der Waals surface area contributed by atoms with E-state index in [1.54, 1.807) is 11.9 Å². The van der Waals surface area contributed by atoms with Crippen molar-refractivity contribution in [2.45, 2.75) is 39.2 Å². The number of oxime groups is 1. The third-order valence-electron chi connectivity index (χ3n) is 3.44. The molecule has 1 rings (SSSR count). The van der Waals surface area contributed by atoms with E-state index in [9.17, 15) is 4.79 Å². The number of hydrogen-bond donors (Lipinski definition) is 2. The highest BCUT2D eigenvalue weighted by atomic mass is 16.4. The molecule has 5 heteroatoms. The molecule has 1 amide bonds. The van der Waals surface area contributed by atoms with Crippen LogP contribution < -0.4 is 5.73 Å². The monoisotopic (exact) mass is 227 g/mol. The van der Waals surface area contributed by atoms with Crippen molar-refractivity contribution < 1.29 is 10.0 Å². The molecule has 1 aliphatic rings. The number of carbonyl (C=O) groups is 1. The molecule has 16 heavy (non-hydrogen) atoms. The summed E-state index contributed by atoms with van der Waals surface area (Å²) in [5.41, 5.74) is 5.51. The summed E-state index contributed by atoms with van der Waals surface area (Å²) in [6, 6.07) is 0.244. The Balaban J connectivity index is 2.66. The second-order valence-corrected chi connectivity index (χ2v) is 4.51. The molecule has 92 valence electrons. The second-order valence-electron chi connectivity index (χ2n) is 4.51. The molecule has 0 aromatic carbocycles. The van der Waals surface area contributed by atoms with E-state index in [2.05, 4.69) is 12.1 Å². The molecule has 0 aromatic rings. The molecular formula is C11H21N3O2. The number of amides is 1. The van der Waals surface area contributed by atoms with Gasteiger partial charge in [0.2, 0.25) is 5.91 Å². The highest BCUT2D eigenvalue weighted by molar-refractivity contribution is 6.02. The van der Waals surface area contributed by atoms with Gasteiger partial charge in [-0.05, 0) is 32.1 Å². The van der Waals surface area contributed by atoms with Crippen LogP contribution in [0.2, 0.25) is 0 Å². The van der Waals surface area contributed by atoms with Gasteiger partial charge in [0.25, 0.3) is 0 Å². The van der Waals surface area contributed by atoms with Crippen LogP contribution in [-0.2, 0) is 4.79 Å². The van der Waals surface area contributed by atoms with Gasteiger partial charge < -0.3 is 15.8 Å². The zero-order valence-corrected chi connectivity index (χ0v) is 10.2. The molecule has 0 aliphatic heterocycles. The summed E-state index contributed by atoms with van der Waals surface area (Å²) in [5.74, 6) is 0.0643. The highest BCUT2D eigenvalue weighted by Gasteiger charge is 2.35. The smallest absolute Gasteiger partial charge is 0.233 e. The maximum absolute atomic E-state index is 12.1. The molecule has 2 unspecified atom stereocenters. The number of nitrogens with two attached hydrogens (primary N) is 1. The lowest BCUT2D eigenvalue weighted by Gasteiger charge is -2.28. The van der Waals surface area contributed by atoms with Gasteiger partial charge in [0.15, 0.2) is 5.84 Å². The average Bonchev–Trinajstić information content (AvgIpc) is 3.11. The van der Waals surface area contributed by atoms with Crippen molar-refractivity contribution in [1.82, 2.24) is 4.90 Å². The summed E-state index contributed by atoms with van der Waals surface area (Å²) in [5, 5.41) is 11.5. The molecule has 1 saturated carbocycles. The normalized spacial score (nSPS) is 20.3.